The monoisotopic (exact) mass is 194 g/mol. The molecule has 2 heteroatoms. The lowest BCUT2D eigenvalue weighted by Gasteiger charge is -2.11. The maximum Gasteiger partial charge on any atom is 0.122 e. The molecule has 14 heavy (non-hydrogen) atoms. The highest BCUT2D eigenvalue weighted by atomic mass is 16.5. The standard InChI is InChI=1S/C12H18O2/c1-3-11-10(7-5-9-13)6-4-8-12(11)14-2/h4,6,8,13H,3,5,7,9H2,1-2H3. The lowest BCUT2D eigenvalue weighted by Crippen LogP contribution is -1.98. The van der Waals surface area contributed by atoms with Gasteiger partial charge in [0.1, 0.15) is 5.75 Å². The molecular formula is C12H18O2. The summed E-state index contributed by atoms with van der Waals surface area (Å²) in [6.45, 7) is 2.38. The number of methoxy groups -OCH3 is 1. The quantitative estimate of drug-likeness (QED) is 0.778. The predicted molar refractivity (Wildman–Crippen MR) is 57.8 cm³/mol. The second kappa shape index (κ2) is 5.66. The zero-order valence-corrected chi connectivity index (χ0v) is 8.92. The molecule has 0 saturated heterocycles. The molecule has 0 aromatic heterocycles. The van der Waals surface area contributed by atoms with Crippen LogP contribution in [0.2, 0.25) is 0 Å². The number of ether oxygens (including phenoxy) is 1. The van der Waals surface area contributed by atoms with Crippen molar-refractivity contribution in [3.63, 3.8) is 0 Å². The molecule has 1 aromatic carbocycles. The van der Waals surface area contributed by atoms with Crippen molar-refractivity contribution in [3.05, 3.63) is 29.3 Å². The zero-order valence-electron chi connectivity index (χ0n) is 8.92. The SMILES string of the molecule is CCc1c(CCCO)cccc1OC. The van der Waals surface area contributed by atoms with E-state index in [4.69, 9.17) is 9.84 Å². The Labute approximate surface area is 85.5 Å². The molecule has 0 spiro atoms. The number of rotatable bonds is 5. The normalized spacial score (nSPS) is 10.2. The number of hydrogen-bond donors (Lipinski definition) is 1. The summed E-state index contributed by atoms with van der Waals surface area (Å²) in [7, 11) is 1.70. The van der Waals surface area contributed by atoms with E-state index in [9.17, 15) is 0 Å². The number of hydrogen-bond acceptors (Lipinski definition) is 2. The van der Waals surface area contributed by atoms with Crippen molar-refractivity contribution in [3.8, 4) is 5.75 Å². The van der Waals surface area contributed by atoms with Gasteiger partial charge in [-0.1, -0.05) is 19.1 Å². The molecule has 2 nitrogen and oxygen atoms in total. The van der Waals surface area contributed by atoms with E-state index >= 15 is 0 Å². The van der Waals surface area contributed by atoms with Crippen LogP contribution in [0.4, 0.5) is 0 Å². The number of aliphatic hydroxyl groups excluding tert-OH is 1. The fraction of sp³-hybridized carbons (Fsp3) is 0.500. The first kappa shape index (κ1) is 11.1. The molecule has 1 N–H and O–H groups in total. The largest absolute Gasteiger partial charge is 0.496 e. The van der Waals surface area contributed by atoms with Crippen molar-refractivity contribution in [1.29, 1.82) is 0 Å². The minimum absolute atomic E-state index is 0.250. The minimum atomic E-state index is 0.250. The van der Waals surface area contributed by atoms with Crippen molar-refractivity contribution in [2.45, 2.75) is 26.2 Å². The Balaban J connectivity index is 2.90. The van der Waals surface area contributed by atoms with Gasteiger partial charge in [-0.15, -0.1) is 0 Å². The van der Waals surface area contributed by atoms with E-state index in [-0.39, 0.29) is 6.61 Å². The van der Waals surface area contributed by atoms with Gasteiger partial charge in [0.2, 0.25) is 0 Å². The van der Waals surface area contributed by atoms with Crippen LogP contribution in [0.25, 0.3) is 0 Å². The summed E-state index contributed by atoms with van der Waals surface area (Å²) in [6, 6.07) is 6.10. The molecule has 0 aliphatic rings. The summed E-state index contributed by atoms with van der Waals surface area (Å²) >= 11 is 0. The lowest BCUT2D eigenvalue weighted by atomic mass is 10.00. The fourth-order valence-corrected chi connectivity index (χ4v) is 1.71. The Morgan fingerprint density at radius 1 is 1.36 bits per heavy atom. The third-order valence-electron chi connectivity index (χ3n) is 2.41. The van der Waals surface area contributed by atoms with Crippen LogP contribution in [-0.2, 0) is 12.8 Å². The molecule has 0 atom stereocenters. The molecule has 0 heterocycles. The van der Waals surface area contributed by atoms with Gasteiger partial charge in [0.15, 0.2) is 0 Å². The third-order valence-corrected chi connectivity index (χ3v) is 2.41. The van der Waals surface area contributed by atoms with Crippen LogP contribution >= 0.6 is 0 Å². The summed E-state index contributed by atoms with van der Waals surface area (Å²) in [5.41, 5.74) is 2.56. The van der Waals surface area contributed by atoms with Gasteiger partial charge < -0.3 is 9.84 Å². The maximum absolute atomic E-state index is 8.79. The van der Waals surface area contributed by atoms with Gasteiger partial charge in [-0.2, -0.15) is 0 Å². The highest BCUT2D eigenvalue weighted by molar-refractivity contribution is 5.40. The van der Waals surface area contributed by atoms with Gasteiger partial charge in [-0.05, 0) is 36.5 Å². The topological polar surface area (TPSA) is 29.5 Å². The van der Waals surface area contributed by atoms with Crippen molar-refractivity contribution in [2.75, 3.05) is 13.7 Å². The molecule has 0 aliphatic carbocycles. The Kier molecular flexibility index (Phi) is 4.47. The highest BCUT2D eigenvalue weighted by Crippen LogP contribution is 2.23. The van der Waals surface area contributed by atoms with Gasteiger partial charge in [0, 0.05) is 6.61 Å². The van der Waals surface area contributed by atoms with Gasteiger partial charge >= 0.3 is 0 Å². The first-order valence-electron chi connectivity index (χ1n) is 5.09. The zero-order chi connectivity index (χ0) is 10.4. The van der Waals surface area contributed by atoms with E-state index in [0.29, 0.717) is 0 Å². The van der Waals surface area contributed by atoms with Crippen molar-refractivity contribution in [2.24, 2.45) is 0 Å². The second-order valence-corrected chi connectivity index (χ2v) is 3.28. The molecule has 0 fully saturated rings. The van der Waals surface area contributed by atoms with Crippen molar-refractivity contribution < 1.29 is 9.84 Å². The van der Waals surface area contributed by atoms with Gasteiger partial charge in [0.25, 0.3) is 0 Å². The summed E-state index contributed by atoms with van der Waals surface area (Å²) in [6.07, 6.45) is 2.72. The molecule has 0 radical (unpaired) electrons. The lowest BCUT2D eigenvalue weighted by molar-refractivity contribution is 0.288. The molecular weight excluding hydrogens is 176 g/mol. The average Bonchev–Trinajstić information content (AvgIpc) is 2.25. The van der Waals surface area contributed by atoms with E-state index in [1.54, 1.807) is 7.11 Å². The summed E-state index contributed by atoms with van der Waals surface area (Å²) in [5, 5.41) is 8.79. The van der Waals surface area contributed by atoms with E-state index in [0.717, 1.165) is 25.0 Å². The van der Waals surface area contributed by atoms with Crippen LogP contribution < -0.4 is 4.74 Å². The number of benzene rings is 1. The predicted octanol–water partition coefficient (Wildman–Crippen LogP) is 2.18. The van der Waals surface area contributed by atoms with E-state index < -0.39 is 0 Å². The molecule has 1 aromatic rings. The van der Waals surface area contributed by atoms with Crippen molar-refractivity contribution in [1.82, 2.24) is 0 Å². The Morgan fingerprint density at radius 2 is 2.14 bits per heavy atom. The summed E-state index contributed by atoms with van der Waals surface area (Å²) in [5.74, 6) is 0.961. The smallest absolute Gasteiger partial charge is 0.122 e. The maximum atomic E-state index is 8.79. The highest BCUT2D eigenvalue weighted by Gasteiger charge is 2.05. The molecule has 0 amide bonds. The fourth-order valence-electron chi connectivity index (χ4n) is 1.71. The van der Waals surface area contributed by atoms with Gasteiger partial charge in [-0.25, -0.2) is 0 Å². The first-order valence-corrected chi connectivity index (χ1v) is 5.09. The van der Waals surface area contributed by atoms with Crippen LogP contribution in [-0.4, -0.2) is 18.8 Å². The number of aliphatic hydroxyl groups is 1. The van der Waals surface area contributed by atoms with Gasteiger partial charge in [-0.3, -0.25) is 0 Å². The van der Waals surface area contributed by atoms with Crippen LogP contribution in [0.3, 0.4) is 0 Å². The molecule has 0 aliphatic heterocycles. The summed E-state index contributed by atoms with van der Waals surface area (Å²) in [4.78, 5) is 0. The van der Waals surface area contributed by atoms with E-state index in [1.165, 1.54) is 11.1 Å². The first-order chi connectivity index (χ1) is 6.83. The van der Waals surface area contributed by atoms with Crippen LogP contribution in [0.15, 0.2) is 18.2 Å². The molecule has 0 bridgehead atoms. The van der Waals surface area contributed by atoms with Crippen LogP contribution in [0.5, 0.6) is 5.75 Å². The molecule has 78 valence electrons. The second-order valence-electron chi connectivity index (χ2n) is 3.28. The number of aryl methyl sites for hydroxylation is 1. The van der Waals surface area contributed by atoms with E-state index in [1.807, 2.05) is 12.1 Å². The average molecular weight is 194 g/mol. The summed E-state index contributed by atoms with van der Waals surface area (Å²) < 4.78 is 5.29. The van der Waals surface area contributed by atoms with E-state index in [2.05, 4.69) is 13.0 Å². The molecule has 0 unspecified atom stereocenters. The molecule has 1 rings (SSSR count). The van der Waals surface area contributed by atoms with Crippen LogP contribution in [0.1, 0.15) is 24.5 Å². The third kappa shape index (κ3) is 2.48. The van der Waals surface area contributed by atoms with Crippen molar-refractivity contribution >= 4 is 0 Å². The molecule has 0 saturated carbocycles. The minimum Gasteiger partial charge on any atom is -0.496 e. The Bertz CT molecular complexity index is 282. The Hall–Kier alpha value is -1.02. The Morgan fingerprint density at radius 3 is 2.71 bits per heavy atom. The van der Waals surface area contributed by atoms with Crippen LogP contribution in [0, 0.1) is 0 Å². The van der Waals surface area contributed by atoms with Gasteiger partial charge in [0.05, 0.1) is 7.11 Å².